The third kappa shape index (κ3) is 3.81. The van der Waals surface area contributed by atoms with E-state index in [1.807, 2.05) is 12.1 Å². The lowest BCUT2D eigenvalue weighted by Gasteiger charge is -2.25. The molecule has 1 aromatic heterocycles. The monoisotopic (exact) mass is 221 g/mol. The van der Waals surface area contributed by atoms with Gasteiger partial charge in [0.1, 0.15) is 0 Å². The van der Waals surface area contributed by atoms with E-state index in [0.717, 1.165) is 24.3 Å². The van der Waals surface area contributed by atoms with Gasteiger partial charge in [0.2, 0.25) is 0 Å². The summed E-state index contributed by atoms with van der Waals surface area (Å²) in [7, 11) is 2.19. The summed E-state index contributed by atoms with van der Waals surface area (Å²) < 4.78 is 0. The van der Waals surface area contributed by atoms with Crippen LogP contribution in [0, 0.1) is 0 Å². The lowest BCUT2D eigenvalue weighted by Crippen LogP contribution is -2.32. The Morgan fingerprint density at radius 1 is 1.31 bits per heavy atom. The van der Waals surface area contributed by atoms with E-state index < -0.39 is 0 Å². The van der Waals surface area contributed by atoms with Crippen molar-refractivity contribution >= 4 is 5.69 Å². The number of likely N-dealkylation sites (N-methyl/N-ethyl adjacent to an activating group) is 1. The highest BCUT2D eigenvalue weighted by molar-refractivity contribution is 5.34. The van der Waals surface area contributed by atoms with Crippen LogP contribution in [0.1, 0.15) is 32.4 Å². The average Bonchev–Trinajstić information content (AvgIpc) is 2.30. The number of hydrogen-bond acceptors (Lipinski definition) is 3. The standard InChI is InChI=1S/C13H23N3/c1-4-13(5-2)16(3)9-8-12-7-6-11(14)10-15-12/h6-7,10,13H,4-5,8-9,14H2,1-3H3. The number of rotatable bonds is 6. The summed E-state index contributed by atoms with van der Waals surface area (Å²) in [6.45, 7) is 5.54. The molecule has 16 heavy (non-hydrogen) atoms. The van der Waals surface area contributed by atoms with Crippen molar-refractivity contribution < 1.29 is 0 Å². The lowest BCUT2D eigenvalue weighted by atomic mass is 10.1. The Hall–Kier alpha value is -1.09. The molecule has 3 nitrogen and oxygen atoms in total. The first-order valence-electron chi connectivity index (χ1n) is 6.08. The molecule has 0 fully saturated rings. The maximum absolute atomic E-state index is 5.60. The van der Waals surface area contributed by atoms with Crippen molar-refractivity contribution in [1.29, 1.82) is 0 Å². The molecule has 0 bridgehead atoms. The Morgan fingerprint density at radius 3 is 2.50 bits per heavy atom. The molecule has 0 aliphatic carbocycles. The fraction of sp³-hybridized carbons (Fsp3) is 0.615. The second-order valence-electron chi connectivity index (χ2n) is 4.28. The summed E-state index contributed by atoms with van der Waals surface area (Å²) in [4.78, 5) is 6.72. The van der Waals surface area contributed by atoms with Crippen molar-refractivity contribution in [2.75, 3.05) is 19.3 Å². The van der Waals surface area contributed by atoms with Gasteiger partial charge < -0.3 is 10.6 Å². The molecule has 0 aliphatic heterocycles. The Kier molecular flexibility index (Phi) is 5.26. The Balaban J connectivity index is 2.42. The highest BCUT2D eigenvalue weighted by Crippen LogP contribution is 2.08. The molecule has 0 saturated heterocycles. The Labute approximate surface area is 98.7 Å². The topological polar surface area (TPSA) is 42.1 Å². The van der Waals surface area contributed by atoms with Gasteiger partial charge >= 0.3 is 0 Å². The zero-order valence-electron chi connectivity index (χ0n) is 10.6. The fourth-order valence-electron chi connectivity index (χ4n) is 1.97. The summed E-state index contributed by atoms with van der Waals surface area (Å²) in [5, 5.41) is 0. The number of nitrogens with two attached hydrogens (primary N) is 1. The van der Waals surface area contributed by atoms with E-state index in [4.69, 9.17) is 5.73 Å². The molecule has 0 spiro atoms. The summed E-state index contributed by atoms with van der Waals surface area (Å²) in [5.74, 6) is 0. The molecular weight excluding hydrogens is 198 g/mol. The van der Waals surface area contributed by atoms with Crippen molar-refractivity contribution in [2.24, 2.45) is 0 Å². The molecule has 0 amide bonds. The van der Waals surface area contributed by atoms with Crippen LogP contribution in [-0.4, -0.2) is 29.5 Å². The van der Waals surface area contributed by atoms with Gasteiger partial charge in [-0.25, -0.2) is 0 Å². The van der Waals surface area contributed by atoms with Crippen LogP contribution in [0.4, 0.5) is 5.69 Å². The fourth-order valence-corrected chi connectivity index (χ4v) is 1.97. The van der Waals surface area contributed by atoms with Crippen LogP contribution in [0.2, 0.25) is 0 Å². The number of anilines is 1. The predicted octanol–water partition coefficient (Wildman–Crippen LogP) is 2.33. The summed E-state index contributed by atoms with van der Waals surface area (Å²) in [6.07, 6.45) is 5.14. The van der Waals surface area contributed by atoms with Crippen LogP contribution in [0.25, 0.3) is 0 Å². The maximum atomic E-state index is 5.60. The molecular formula is C13H23N3. The first-order chi connectivity index (χ1) is 7.67. The highest BCUT2D eigenvalue weighted by atomic mass is 15.1. The van der Waals surface area contributed by atoms with Gasteiger partial charge in [-0.15, -0.1) is 0 Å². The SMILES string of the molecule is CCC(CC)N(C)CCc1ccc(N)cn1. The summed E-state index contributed by atoms with van der Waals surface area (Å²) in [6, 6.07) is 4.61. The molecule has 1 aromatic rings. The van der Waals surface area contributed by atoms with Gasteiger partial charge in [0.05, 0.1) is 11.9 Å². The quantitative estimate of drug-likeness (QED) is 0.801. The van der Waals surface area contributed by atoms with Crippen molar-refractivity contribution in [2.45, 2.75) is 39.2 Å². The second kappa shape index (κ2) is 6.48. The van der Waals surface area contributed by atoms with Crippen LogP contribution in [0.3, 0.4) is 0 Å². The van der Waals surface area contributed by atoms with E-state index in [0.29, 0.717) is 6.04 Å². The van der Waals surface area contributed by atoms with Gasteiger partial charge in [0.15, 0.2) is 0 Å². The van der Waals surface area contributed by atoms with E-state index in [2.05, 4.69) is 30.8 Å². The third-order valence-corrected chi connectivity index (χ3v) is 3.13. The first-order valence-corrected chi connectivity index (χ1v) is 6.08. The zero-order chi connectivity index (χ0) is 12.0. The lowest BCUT2D eigenvalue weighted by molar-refractivity contribution is 0.232. The van der Waals surface area contributed by atoms with Gasteiger partial charge in [-0.05, 0) is 32.0 Å². The number of aromatic nitrogens is 1. The van der Waals surface area contributed by atoms with Crippen LogP contribution in [0.5, 0.6) is 0 Å². The van der Waals surface area contributed by atoms with E-state index in [-0.39, 0.29) is 0 Å². The highest BCUT2D eigenvalue weighted by Gasteiger charge is 2.09. The maximum Gasteiger partial charge on any atom is 0.0501 e. The van der Waals surface area contributed by atoms with E-state index in [1.54, 1.807) is 6.20 Å². The molecule has 0 saturated carbocycles. The molecule has 0 aromatic carbocycles. The number of hydrogen-bond donors (Lipinski definition) is 1. The molecule has 0 radical (unpaired) electrons. The Morgan fingerprint density at radius 2 is 2.00 bits per heavy atom. The van der Waals surface area contributed by atoms with Crippen molar-refractivity contribution in [3.63, 3.8) is 0 Å². The summed E-state index contributed by atoms with van der Waals surface area (Å²) >= 11 is 0. The molecule has 0 unspecified atom stereocenters. The van der Waals surface area contributed by atoms with Crippen molar-refractivity contribution in [3.05, 3.63) is 24.0 Å². The minimum Gasteiger partial charge on any atom is -0.397 e. The molecule has 0 atom stereocenters. The van der Waals surface area contributed by atoms with E-state index >= 15 is 0 Å². The van der Waals surface area contributed by atoms with Crippen molar-refractivity contribution in [1.82, 2.24) is 9.88 Å². The first kappa shape index (κ1) is 13.0. The largest absolute Gasteiger partial charge is 0.397 e. The minimum atomic E-state index is 0.689. The van der Waals surface area contributed by atoms with Crippen LogP contribution in [0.15, 0.2) is 18.3 Å². The van der Waals surface area contributed by atoms with Gasteiger partial charge in [-0.1, -0.05) is 13.8 Å². The van der Waals surface area contributed by atoms with Crippen LogP contribution in [-0.2, 0) is 6.42 Å². The molecule has 1 rings (SSSR count). The molecule has 2 N–H and O–H groups in total. The van der Waals surface area contributed by atoms with Gasteiger partial charge in [0.25, 0.3) is 0 Å². The average molecular weight is 221 g/mol. The molecule has 90 valence electrons. The summed E-state index contributed by atoms with van der Waals surface area (Å²) in [5.41, 5.74) is 7.45. The number of pyridine rings is 1. The molecule has 1 heterocycles. The van der Waals surface area contributed by atoms with Crippen molar-refractivity contribution in [3.8, 4) is 0 Å². The number of nitrogen functional groups attached to an aromatic ring is 1. The smallest absolute Gasteiger partial charge is 0.0501 e. The van der Waals surface area contributed by atoms with Gasteiger partial charge in [0, 0.05) is 24.7 Å². The van der Waals surface area contributed by atoms with Gasteiger partial charge in [-0.2, -0.15) is 0 Å². The number of nitrogens with zero attached hydrogens (tertiary/aromatic N) is 2. The van der Waals surface area contributed by atoms with Crippen LogP contribution < -0.4 is 5.73 Å². The molecule has 3 heteroatoms. The van der Waals surface area contributed by atoms with Gasteiger partial charge in [-0.3, -0.25) is 4.98 Å². The Bertz CT molecular complexity index is 291. The van der Waals surface area contributed by atoms with Crippen LogP contribution >= 0.6 is 0 Å². The van der Waals surface area contributed by atoms with E-state index in [1.165, 1.54) is 12.8 Å². The normalized spacial score (nSPS) is 11.3. The second-order valence-corrected chi connectivity index (χ2v) is 4.28. The minimum absolute atomic E-state index is 0.689. The molecule has 0 aliphatic rings. The third-order valence-electron chi connectivity index (χ3n) is 3.13. The predicted molar refractivity (Wildman–Crippen MR) is 69.4 cm³/mol. The van der Waals surface area contributed by atoms with E-state index in [9.17, 15) is 0 Å². The zero-order valence-corrected chi connectivity index (χ0v) is 10.6.